The van der Waals surface area contributed by atoms with Gasteiger partial charge in [-0.2, -0.15) is 13.2 Å². The van der Waals surface area contributed by atoms with Crippen LogP contribution in [0.5, 0.6) is 5.75 Å². The third kappa shape index (κ3) is 6.11. The fraction of sp³-hybridized carbons (Fsp3) is 0.269. The first-order valence-corrected chi connectivity index (χ1v) is 12.9. The third-order valence-corrected chi connectivity index (χ3v) is 7.27. The van der Waals surface area contributed by atoms with Crippen LogP contribution in [0.3, 0.4) is 0 Å². The van der Waals surface area contributed by atoms with Gasteiger partial charge in [0.05, 0.1) is 25.5 Å². The molecule has 1 aromatic carbocycles. The molecule has 0 bridgehead atoms. The number of nitrogens with zero attached hydrogens (tertiary/aromatic N) is 2. The Bertz CT molecular complexity index is 1400. The second-order valence-electron chi connectivity index (χ2n) is 8.55. The Labute approximate surface area is 220 Å². The number of pyridine rings is 1. The second-order valence-corrected chi connectivity index (χ2v) is 10.6. The summed E-state index contributed by atoms with van der Waals surface area (Å²) in [4.78, 5) is 23.4. The van der Waals surface area contributed by atoms with Gasteiger partial charge in [0.25, 0.3) is 0 Å². The highest BCUT2D eigenvalue weighted by Crippen LogP contribution is 2.40. The van der Waals surface area contributed by atoms with Crippen molar-refractivity contribution >= 4 is 39.6 Å². The van der Waals surface area contributed by atoms with Gasteiger partial charge in [0.2, 0.25) is 0 Å². The number of halogens is 3. The highest BCUT2D eigenvalue weighted by atomic mass is 32.1. The first-order valence-electron chi connectivity index (χ1n) is 11.2. The zero-order chi connectivity index (χ0) is 26.7. The van der Waals surface area contributed by atoms with Crippen molar-refractivity contribution in [3.8, 4) is 27.4 Å². The van der Waals surface area contributed by atoms with Crippen LogP contribution in [-0.4, -0.2) is 30.2 Å². The lowest BCUT2D eigenvalue weighted by atomic mass is 10.0. The van der Waals surface area contributed by atoms with Gasteiger partial charge in [-0.25, -0.2) is 14.8 Å². The number of carbonyl (C=O) groups excluding carboxylic acids is 1. The van der Waals surface area contributed by atoms with Crippen molar-refractivity contribution in [3.05, 3.63) is 64.0 Å². The number of aromatic nitrogens is 2. The van der Waals surface area contributed by atoms with Gasteiger partial charge in [-0.15, -0.1) is 22.7 Å². The molecule has 0 saturated heterocycles. The zero-order valence-electron chi connectivity index (χ0n) is 20.5. The van der Waals surface area contributed by atoms with E-state index in [9.17, 15) is 18.0 Å². The van der Waals surface area contributed by atoms with E-state index < -0.39 is 17.7 Å². The molecule has 0 aliphatic heterocycles. The average molecular weight is 548 g/mol. The molecule has 37 heavy (non-hydrogen) atoms. The Hall–Kier alpha value is -3.44. The number of nitrogens with one attached hydrogen (secondary N) is 1. The van der Waals surface area contributed by atoms with Gasteiger partial charge < -0.3 is 14.8 Å². The van der Waals surface area contributed by atoms with E-state index in [1.807, 2.05) is 31.4 Å². The summed E-state index contributed by atoms with van der Waals surface area (Å²) in [6.07, 6.45) is -2.30. The van der Waals surface area contributed by atoms with E-state index in [1.165, 1.54) is 43.0 Å². The molecule has 1 N–H and O–H groups in total. The summed E-state index contributed by atoms with van der Waals surface area (Å²) in [6.45, 7) is 4.03. The fourth-order valence-electron chi connectivity index (χ4n) is 3.67. The summed E-state index contributed by atoms with van der Waals surface area (Å²) in [5, 5.41) is 5.40. The van der Waals surface area contributed by atoms with Crippen molar-refractivity contribution in [1.29, 1.82) is 0 Å². The SMILES string of the molecule is COC(=O)c1cc(-c2cccs2)cnc1Nc1nc(-c2cc(OC)cc(C(F)(F)F)c2)c(CC(C)C)s1. The van der Waals surface area contributed by atoms with Crippen LogP contribution in [0, 0.1) is 5.92 Å². The number of thiophene rings is 1. The van der Waals surface area contributed by atoms with Crippen molar-refractivity contribution < 1.29 is 27.4 Å². The number of methoxy groups -OCH3 is 2. The average Bonchev–Trinajstić information content (AvgIpc) is 3.53. The quantitative estimate of drug-likeness (QED) is 0.228. The van der Waals surface area contributed by atoms with Crippen LogP contribution in [0.15, 0.2) is 48.0 Å². The molecule has 0 aliphatic rings. The standard InChI is InChI=1S/C26H24F3N3O3S2/c1-14(2)8-21-22(15-9-17(26(27,28)29)12-18(10-15)34-3)31-25(37-21)32-23-19(24(33)35-4)11-16(13-30-23)20-6-5-7-36-20/h5-7,9-14H,8H2,1-4H3,(H,30,31,32). The Kier molecular flexibility index (Phi) is 7.84. The number of thiazole rings is 1. The van der Waals surface area contributed by atoms with Crippen molar-refractivity contribution in [2.45, 2.75) is 26.4 Å². The Morgan fingerprint density at radius 1 is 1.14 bits per heavy atom. The number of hydrogen-bond donors (Lipinski definition) is 1. The minimum absolute atomic E-state index is 0.0849. The number of hydrogen-bond acceptors (Lipinski definition) is 8. The van der Waals surface area contributed by atoms with Gasteiger partial charge >= 0.3 is 12.1 Å². The molecule has 11 heteroatoms. The molecule has 3 aromatic heterocycles. The van der Waals surface area contributed by atoms with E-state index in [0.29, 0.717) is 22.8 Å². The van der Waals surface area contributed by atoms with E-state index in [1.54, 1.807) is 12.3 Å². The Morgan fingerprint density at radius 3 is 2.54 bits per heavy atom. The van der Waals surface area contributed by atoms with E-state index in [4.69, 9.17) is 9.47 Å². The number of benzene rings is 1. The summed E-state index contributed by atoms with van der Waals surface area (Å²) >= 11 is 2.82. The number of carbonyl (C=O) groups is 1. The van der Waals surface area contributed by atoms with Crippen LogP contribution < -0.4 is 10.1 Å². The van der Waals surface area contributed by atoms with Gasteiger partial charge in [-0.3, -0.25) is 0 Å². The van der Waals surface area contributed by atoms with Gasteiger partial charge in [0, 0.05) is 27.1 Å². The summed E-state index contributed by atoms with van der Waals surface area (Å²) in [5.74, 6) is -0.0180. The topological polar surface area (TPSA) is 73.3 Å². The molecule has 0 amide bonds. The van der Waals surface area contributed by atoms with E-state index in [0.717, 1.165) is 27.5 Å². The number of anilines is 2. The lowest BCUT2D eigenvalue weighted by Crippen LogP contribution is -2.07. The number of esters is 1. The molecule has 194 valence electrons. The van der Waals surface area contributed by atoms with Crippen LogP contribution in [0.25, 0.3) is 21.7 Å². The lowest BCUT2D eigenvalue weighted by Gasteiger charge is -2.12. The van der Waals surface area contributed by atoms with E-state index in [-0.39, 0.29) is 23.0 Å². The monoisotopic (exact) mass is 547 g/mol. The fourth-order valence-corrected chi connectivity index (χ4v) is 5.57. The molecule has 0 unspecified atom stereocenters. The van der Waals surface area contributed by atoms with Gasteiger partial charge in [-0.05, 0) is 48.1 Å². The van der Waals surface area contributed by atoms with Crippen LogP contribution in [0.2, 0.25) is 0 Å². The smallest absolute Gasteiger partial charge is 0.416 e. The zero-order valence-corrected chi connectivity index (χ0v) is 22.1. The molecule has 6 nitrogen and oxygen atoms in total. The van der Waals surface area contributed by atoms with Crippen LogP contribution in [-0.2, 0) is 17.3 Å². The highest BCUT2D eigenvalue weighted by molar-refractivity contribution is 7.16. The van der Waals surface area contributed by atoms with Crippen LogP contribution in [0.4, 0.5) is 24.1 Å². The van der Waals surface area contributed by atoms with Crippen molar-refractivity contribution in [1.82, 2.24) is 9.97 Å². The molecular formula is C26H24F3N3O3S2. The van der Waals surface area contributed by atoms with Gasteiger partial charge in [0.15, 0.2) is 5.13 Å². The minimum atomic E-state index is -4.54. The first-order chi connectivity index (χ1) is 17.6. The predicted molar refractivity (Wildman–Crippen MR) is 140 cm³/mol. The van der Waals surface area contributed by atoms with Gasteiger partial charge in [0.1, 0.15) is 17.1 Å². The molecule has 0 aliphatic carbocycles. The van der Waals surface area contributed by atoms with E-state index in [2.05, 4.69) is 15.3 Å². The third-order valence-electron chi connectivity index (χ3n) is 5.36. The summed E-state index contributed by atoms with van der Waals surface area (Å²) < 4.78 is 50.8. The molecule has 0 spiro atoms. The maximum absolute atomic E-state index is 13.6. The normalized spacial score (nSPS) is 11.6. The molecule has 3 heterocycles. The Morgan fingerprint density at radius 2 is 1.92 bits per heavy atom. The number of alkyl halides is 3. The molecule has 4 aromatic rings. The minimum Gasteiger partial charge on any atom is -0.497 e. The first kappa shape index (κ1) is 26.6. The molecule has 0 saturated carbocycles. The van der Waals surface area contributed by atoms with Gasteiger partial charge in [-0.1, -0.05) is 19.9 Å². The molecule has 4 rings (SSSR count). The highest BCUT2D eigenvalue weighted by Gasteiger charge is 2.32. The summed E-state index contributed by atoms with van der Waals surface area (Å²) in [6, 6.07) is 9.07. The lowest BCUT2D eigenvalue weighted by molar-refractivity contribution is -0.137. The largest absolute Gasteiger partial charge is 0.497 e. The molecule has 0 radical (unpaired) electrons. The maximum Gasteiger partial charge on any atom is 0.416 e. The second kappa shape index (κ2) is 10.9. The van der Waals surface area contributed by atoms with Crippen LogP contribution in [0.1, 0.15) is 34.6 Å². The Balaban J connectivity index is 1.77. The van der Waals surface area contributed by atoms with Crippen LogP contribution >= 0.6 is 22.7 Å². The van der Waals surface area contributed by atoms with E-state index >= 15 is 0 Å². The molecule has 0 atom stereocenters. The van der Waals surface area contributed by atoms with Crippen molar-refractivity contribution in [2.24, 2.45) is 5.92 Å². The van der Waals surface area contributed by atoms with Crippen molar-refractivity contribution in [3.63, 3.8) is 0 Å². The maximum atomic E-state index is 13.6. The molecule has 0 fully saturated rings. The number of rotatable bonds is 8. The number of ether oxygens (including phenoxy) is 2. The predicted octanol–water partition coefficient (Wildman–Crippen LogP) is 7.69. The van der Waals surface area contributed by atoms with Crippen molar-refractivity contribution in [2.75, 3.05) is 19.5 Å². The summed E-state index contributed by atoms with van der Waals surface area (Å²) in [7, 11) is 2.61. The summed E-state index contributed by atoms with van der Waals surface area (Å²) in [5.41, 5.74) is 0.869. The molecular weight excluding hydrogens is 523 g/mol.